The number of nitrogens with one attached hydrogen (secondary N) is 1. The molecule has 0 radical (unpaired) electrons. The first kappa shape index (κ1) is 31.3. The van der Waals surface area contributed by atoms with Crippen LogP contribution in [0.1, 0.15) is 37.6 Å². The van der Waals surface area contributed by atoms with Gasteiger partial charge in [0.05, 0.1) is 22.8 Å². The fourth-order valence-electron chi connectivity index (χ4n) is 3.86. The summed E-state index contributed by atoms with van der Waals surface area (Å²) in [4.78, 5) is 61.8. The van der Waals surface area contributed by atoms with Gasteiger partial charge in [-0.15, -0.1) is 23.1 Å². The molecule has 0 aliphatic carbocycles. The monoisotopic (exact) mass is 628 g/mol. The lowest BCUT2D eigenvalue weighted by Crippen LogP contribution is -2.71. The summed E-state index contributed by atoms with van der Waals surface area (Å²) in [6.45, 7) is 4.32. The maximum absolute atomic E-state index is 13.4. The molecular weight excluding hydrogens is 600 g/mol. The summed E-state index contributed by atoms with van der Waals surface area (Å²) in [5.41, 5.74) is 5.89. The number of nitrogens with zero attached hydrogens (tertiary/aromatic N) is 4. The number of esters is 2. The number of nitriles is 1. The summed E-state index contributed by atoms with van der Waals surface area (Å²) in [7, 11) is 1.26. The third-order valence-corrected chi connectivity index (χ3v) is 7.99. The van der Waals surface area contributed by atoms with Gasteiger partial charge < -0.3 is 30.1 Å². The number of hydrogen-bond acceptors (Lipinski definition) is 14. The molecular formula is C27H28N6O8S2. The van der Waals surface area contributed by atoms with Gasteiger partial charge in [0.25, 0.3) is 11.8 Å². The number of fused-ring (bicyclic) bond motifs is 1. The van der Waals surface area contributed by atoms with Crippen molar-refractivity contribution in [3.05, 3.63) is 57.9 Å². The molecule has 43 heavy (non-hydrogen) atoms. The van der Waals surface area contributed by atoms with E-state index in [1.807, 2.05) is 6.07 Å². The van der Waals surface area contributed by atoms with Gasteiger partial charge in [-0.25, -0.2) is 9.78 Å². The zero-order chi connectivity index (χ0) is 31.3. The van der Waals surface area contributed by atoms with Gasteiger partial charge >= 0.3 is 11.9 Å². The standard InChI is InChI=1S/C27H28N6O8S2/c1-27(2,3)25(37)41-13-40-24(36)20-17(39-10-15-7-5-14(9-28)6-8-15)12-42-23-19(22(35)33(20)23)31-21(34)18(32-38-4)16-11-43-26(29)30-16/h5-8,11,19,23H,10,12-13H2,1-4H3,(H2,29,30)(H,31,34)/b32-18+/t19-,23-/m1/s1. The summed E-state index contributed by atoms with van der Waals surface area (Å²) < 4.78 is 16.2. The molecule has 14 nitrogen and oxygen atoms in total. The Morgan fingerprint density at radius 1 is 1.23 bits per heavy atom. The van der Waals surface area contributed by atoms with E-state index in [4.69, 9.17) is 30.0 Å². The highest BCUT2D eigenvalue weighted by atomic mass is 32.2. The molecule has 3 heterocycles. The Labute approximate surface area is 254 Å². The number of benzene rings is 1. The fourth-order valence-corrected chi connectivity index (χ4v) is 5.69. The van der Waals surface area contributed by atoms with Crippen molar-refractivity contribution in [3.63, 3.8) is 0 Å². The number of carbonyl (C=O) groups is 4. The first-order valence-corrected chi connectivity index (χ1v) is 14.6. The van der Waals surface area contributed by atoms with E-state index < -0.39 is 47.4 Å². The number of aromatic nitrogens is 1. The first-order valence-electron chi connectivity index (χ1n) is 12.7. The number of rotatable bonds is 10. The average Bonchev–Trinajstić information content (AvgIpc) is 3.41. The summed E-state index contributed by atoms with van der Waals surface area (Å²) in [5, 5.41) is 16.5. The molecule has 1 fully saturated rings. The van der Waals surface area contributed by atoms with Gasteiger partial charge in [-0.05, 0) is 38.5 Å². The quantitative estimate of drug-likeness (QED) is 0.128. The molecule has 2 amide bonds. The van der Waals surface area contributed by atoms with Crippen molar-refractivity contribution in [1.82, 2.24) is 15.2 Å². The number of nitrogens with two attached hydrogens (primary N) is 1. The van der Waals surface area contributed by atoms with Crippen molar-refractivity contribution in [1.29, 1.82) is 5.26 Å². The minimum Gasteiger partial charge on any atom is -0.490 e. The largest absolute Gasteiger partial charge is 0.490 e. The Morgan fingerprint density at radius 3 is 2.56 bits per heavy atom. The number of β-lactam (4-membered cyclic amide) rings is 1. The molecule has 1 aromatic heterocycles. The lowest BCUT2D eigenvalue weighted by Gasteiger charge is -2.49. The summed E-state index contributed by atoms with van der Waals surface area (Å²) >= 11 is 2.37. The third kappa shape index (κ3) is 7.07. The number of carbonyl (C=O) groups excluding carboxylic acids is 4. The maximum Gasteiger partial charge on any atom is 0.361 e. The molecule has 1 aromatic carbocycles. The van der Waals surface area contributed by atoms with E-state index >= 15 is 0 Å². The first-order chi connectivity index (χ1) is 20.4. The zero-order valence-corrected chi connectivity index (χ0v) is 25.2. The van der Waals surface area contributed by atoms with Crippen LogP contribution in [0.25, 0.3) is 0 Å². The smallest absolute Gasteiger partial charge is 0.361 e. The molecule has 16 heteroatoms. The summed E-state index contributed by atoms with van der Waals surface area (Å²) in [6.07, 6.45) is 0. The maximum atomic E-state index is 13.4. The minimum atomic E-state index is -1.02. The normalized spacial score (nSPS) is 18.2. The predicted molar refractivity (Wildman–Crippen MR) is 155 cm³/mol. The van der Waals surface area contributed by atoms with Crippen LogP contribution in [0.4, 0.5) is 5.13 Å². The number of thioether (sulfide) groups is 1. The van der Waals surface area contributed by atoms with E-state index in [1.165, 1.54) is 29.2 Å². The van der Waals surface area contributed by atoms with E-state index in [2.05, 4.69) is 15.5 Å². The van der Waals surface area contributed by atoms with Gasteiger partial charge in [0.15, 0.2) is 16.5 Å². The van der Waals surface area contributed by atoms with Crippen molar-refractivity contribution in [2.24, 2.45) is 10.6 Å². The van der Waals surface area contributed by atoms with E-state index in [0.29, 0.717) is 5.56 Å². The van der Waals surface area contributed by atoms with Crippen LogP contribution in [0.5, 0.6) is 0 Å². The van der Waals surface area contributed by atoms with Gasteiger partial charge in [0.1, 0.15) is 36.6 Å². The van der Waals surface area contributed by atoms with Gasteiger partial charge in [0, 0.05) is 5.38 Å². The van der Waals surface area contributed by atoms with Crippen molar-refractivity contribution in [3.8, 4) is 6.07 Å². The second-order valence-corrected chi connectivity index (χ2v) is 12.1. The molecule has 0 bridgehead atoms. The fraction of sp³-hybridized carbons (Fsp3) is 0.370. The Kier molecular flexibility index (Phi) is 9.56. The molecule has 2 aromatic rings. The highest BCUT2D eigenvalue weighted by Crippen LogP contribution is 2.41. The Morgan fingerprint density at radius 2 is 1.95 bits per heavy atom. The zero-order valence-electron chi connectivity index (χ0n) is 23.6. The van der Waals surface area contributed by atoms with Crippen molar-refractivity contribution >= 4 is 57.7 Å². The molecule has 0 spiro atoms. The number of thiazole rings is 1. The van der Waals surface area contributed by atoms with Crippen molar-refractivity contribution < 1.29 is 38.2 Å². The van der Waals surface area contributed by atoms with Gasteiger partial charge in [-0.1, -0.05) is 17.3 Å². The Bertz CT molecular complexity index is 1520. The number of ether oxygens (including phenoxy) is 3. The second-order valence-electron chi connectivity index (χ2n) is 10.2. The second kappa shape index (κ2) is 13.1. The van der Waals surface area contributed by atoms with Gasteiger partial charge in [-0.3, -0.25) is 19.3 Å². The van der Waals surface area contributed by atoms with Crippen LogP contribution < -0.4 is 11.1 Å². The lowest BCUT2D eigenvalue weighted by atomic mass is 9.98. The minimum absolute atomic E-state index is 0.0396. The SMILES string of the molecule is CO/N=C(/C(=O)N[C@@H]1C(=O)N2C(C(=O)OCOC(=O)C(C)(C)C)=C(OCc3ccc(C#N)cc3)CS[C@H]12)c1csc(N)n1. The van der Waals surface area contributed by atoms with Crippen LogP contribution in [0.15, 0.2) is 46.3 Å². The van der Waals surface area contributed by atoms with Crippen LogP contribution in [0.3, 0.4) is 0 Å². The molecule has 226 valence electrons. The lowest BCUT2D eigenvalue weighted by molar-refractivity contribution is -0.173. The molecule has 3 N–H and O–H groups in total. The number of oxime groups is 1. The van der Waals surface area contributed by atoms with Gasteiger partial charge in [-0.2, -0.15) is 5.26 Å². The van der Waals surface area contributed by atoms with Gasteiger partial charge in [0.2, 0.25) is 6.79 Å². The van der Waals surface area contributed by atoms with Crippen LogP contribution in [0.2, 0.25) is 0 Å². The number of hydrogen-bond donors (Lipinski definition) is 2. The molecule has 1 saturated heterocycles. The molecule has 4 rings (SSSR count). The molecule has 0 saturated carbocycles. The van der Waals surface area contributed by atoms with E-state index in [9.17, 15) is 19.2 Å². The summed E-state index contributed by atoms with van der Waals surface area (Å²) in [5.74, 6) is -2.53. The Balaban J connectivity index is 1.53. The highest BCUT2D eigenvalue weighted by molar-refractivity contribution is 8.00. The molecule has 2 atom stereocenters. The van der Waals surface area contributed by atoms with Crippen LogP contribution in [-0.2, 0) is 44.8 Å². The topological polar surface area (TPSA) is 196 Å². The number of anilines is 1. The summed E-state index contributed by atoms with van der Waals surface area (Å²) in [6, 6.07) is 7.69. The molecule has 0 unspecified atom stereocenters. The van der Waals surface area contributed by atoms with Crippen LogP contribution in [-0.4, -0.2) is 70.4 Å². The highest BCUT2D eigenvalue weighted by Gasteiger charge is 2.55. The average molecular weight is 629 g/mol. The Hall–Kier alpha value is -4.62. The van der Waals surface area contributed by atoms with E-state index in [1.54, 1.807) is 45.0 Å². The van der Waals surface area contributed by atoms with Crippen molar-refractivity contribution in [2.45, 2.75) is 38.8 Å². The molecule has 2 aliphatic rings. The van der Waals surface area contributed by atoms with Crippen molar-refractivity contribution in [2.75, 3.05) is 25.4 Å². The van der Waals surface area contributed by atoms with E-state index in [-0.39, 0.29) is 40.4 Å². The predicted octanol–water partition coefficient (Wildman–Crippen LogP) is 1.87. The molecule has 2 aliphatic heterocycles. The van der Waals surface area contributed by atoms with E-state index in [0.717, 1.165) is 16.9 Å². The number of amides is 2. The van der Waals surface area contributed by atoms with Crippen LogP contribution >= 0.6 is 23.1 Å². The third-order valence-electron chi connectivity index (χ3n) is 6.06. The van der Waals surface area contributed by atoms with Crippen LogP contribution in [0, 0.1) is 16.7 Å². The number of nitrogen functional groups attached to an aromatic ring is 1.